The van der Waals surface area contributed by atoms with Gasteiger partial charge in [-0.1, -0.05) is 42.5 Å². The Morgan fingerprint density at radius 3 is 2.88 bits per heavy atom. The molecule has 0 aliphatic carbocycles. The second kappa shape index (κ2) is 9.78. The summed E-state index contributed by atoms with van der Waals surface area (Å²) >= 11 is 0. The first-order valence-corrected chi connectivity index (χ1v) is 9.14. The summed E-state index contributed by atoms with van der Waals surface area (Å²) in [7, 11) is 0. The molecule has 1 unspecified atom stereocenters. The van der Waals surface area contributed by atoms with Crippen molar-refractivity contribution in [2.45, 2.75) is 32.0 Å². The highest BCUT2D eigenvalue weighted by atomic mass is 16.5. The quantitative estimate of drug-likeness (QED) is 0.732. The van der Waals surface area contributed by atoms with E-state index in [1.807, 2.05) is 54.6 Å². The summed E-state index contributed by atoms with van der Waals surface area (Å²) in [6.45, 7) is 2.02. The van der Waals surface area contributed by atoms with Crippen LogP contribution in [0.3, 0.4) is 0 Å². The van der Waals surface area contributed by atoms with Gasteiger partial charge in [0.25, 0.3) is 0 Å². The Balaban J connectivity index is 1.44. The van der Waals surface area contributed by atoms with E-state index in [2.05, 4.69) is 5.32 Å². The van der Waals surface area contributed by atoms with Gasteiger partial charge in [-0.2, -0.15) is 0 Å². The molecule has 1 N–H and O–H groups in total. The van der Waals surface area contributed by atoms with Crippen LogP contribution in [0.2, 0.25) is 0 Å². The van der Waals surface area contributed by atoms with Gasteiger partial charge in [-0.25, -0.2) is 0 Å². The van der Waals surface area contributed by atoms with Crippen LogP contribution in [0.1, 0.15) is 30.4 Å². The Morgan fingerprint density at radius 1 is 1.19 bits per heavy atom. The summed E-state index contributed by atoms with van der Waals surface area (Å²) in [5.74, 6) is 0.702. The Bertz CT molecular complexity index is 721. The van der Waals surface area contributed by atoms with Crippen LogP contribution in [0, 0.1) is 0 Å². The lowest BCUT2D eigenvalue weighted by Gasteiger charge is -2.09. The van der Waals surface area contributed by atoms with E-state index in [9.17, 15) is 4.79 Å². The van der Waals surface area contributed by atoms with Gasteiger partial charge in [-0.15, -0.1) is 0 Å². The van der Waals surface area contributed by atoms with Gasteiger partial charge in [0.15, 0.2) is 0 Å². The van der Waals surface area contributed by atoms with Gasteiger partial charge in [0.2, 0.25) is 5.91 Å². The molecule has 1 fully saturated rings. The van der Waals surface area contributed by atoms with E-state index >= 15 is 0 Å². The van der Waals surface area contributed by atoms with Crippen LogP contribution in [0.15, 0.2) is 60.7 Å². The van der Waals surface area contributed by atoms with Crippen LogP contribution >= 0.6 is 0 Å². The number of ether oxygens (including phenoxy) is 2. The molecule has 1 saturated heterocycles. The van der Waals surface area contributed by atoms with Crippen molar-refractivity contribution in [3.63, 3.8) is 0 Å². The summed E-state index contributed by atoms with van der Waals surface area (Å²) in [4.78, 5) is 11.9. The van der Waals surface area contributed by atoms with E-state index in [0.717, 1.165) is 42.7 Å². The van der Waals surface area contributed by atoms with Crippen molar-refractivity contribution in [3.05, 3.63) is 71.8 Å². The standard InChI is InChI=1S/C22H25NO3/c24-22(23-14-13-20-10-5-15-25-20)12-11-18-8-4-9-21(16-18)26-17-19-6-2-1-3-7-19/h1-4,6-9,11-12,16,20H,5,10,13-15,17H2,(H,23,24)/b12-11+. The second-order valence-corrected chi connectivity index (χ2v) is 6.39. The first-order valence-electron chi connectivity index (χ1n) is 9.14. The number of carbonyl (C=O) groups excluding carboxylic acids is 1. The minimum Gasteiger partial charge on any atom is -0.489 e. The van der Waals surface area contributed by atoms with Gasteiger partial charge in [0.1, 0.15) is 12.4 Å². The molecule has 0 bridgehead atoms. The zero-order valence-corrected chi connectivity index (χ0v) is 14.9. The van der Waals surface area contributed by atoms with Gasteiger partial charge in [0, 0.05) is 19.2 Å². The Morgan fingerprint density at radius 2 is 2.08 bits per heavy atom. The highest BCUT2D eigenvalue weighted by Crippen LogP contribution is 2.16. The summed E-state index contributed by atoms with van der Waals surface area (Å²) in [6, 6.07) is 17.8. The van der Waals surface area contributed by atoms with E-state index < -0.39 is 0 Å². The molecule has 26 heavy (non-hydrogen) atoms. The highest BCUT2D eigenvalue weighted by Gasteiger charge is 2.14. The molecule has 4 nitrogen and oxygen atoms in total. The average Bonchev–Trinajstić information content (AvgIpc) is 3.19. The molecule has 1 aliphatic rings. The summed E-state index contributed by atoms with van der Waals surface area (Å²) < 4.78 is 11.4. The van der Waals surface area contributed by atoms with Gasteiger partial charge in [-0.3, -0.25) is 4.79 Å². The van der Waals surface area contributed by atoms with E-state index in [-0.39, 0.29) is 5.91 Å². The van der Waals surface area contributed by atoms with E-state index in [4.69, 9.17) is 9.47 Å². The van der Waals surface area contributed by atoms with Crippen LogP contribution in [0.4, 0.5) is 0 Å². The topological polar surface area (TPSA) is 47.6 Å². The normalized spacial score (nSPS) is 16.7. The van der Waals surface area contributed by atoms with E-state index in [1.165, 1.54) is 0 Å². The molecule has 1 aliphatic heterocycles. The molecule has 0 aromatic heterocycles. The van der Waals surface area contributed by atoms with Crippen molar-refractivity contribution in [2.24, 2.45) is 0 Å². The Hall–Kier alpha value is -2.59. The molecule has 1 heterocycles. The lowest BCUT2D eigenvalue weighted by molar-refractivity contribution is -0.116. The SMILES string of the molecule is O=C(/C=C/c1cccc(OCc2ccccc2)c1)NCCC1CCCO1. The molecule has 2 aromatic rings. The Labute approximate surface area is 154 Å². The van der Waals surface area contributed by atoms with Gasteiger partial charge < -0.3 is 14.8 Å². The maximum Gasteiger partial charge on any atom is 0.244 e. The largest absolute Gasteiger partial charge is 0.489 e. The van der Waals surface area contributed by atoms with Crippen molar-refractivity contribution in [1.82, 2.24) is 5.32 Å². The predicted octanol–water partition coefficient (Wildman–Crippen LogP) is 3.96. The van der Waals surface area contributed by atoms with Crippen LogP contribution in [0.25, 0.3) is 6.08 Å². The average molecular weight is 351 g/mol. The van der Waals surface area contributed by atoms with Gasteiger partial charge in [0.05, 0.1) is 6.10 Å². The maximum absolute atomic E-state index is 11.9. The smallest absolute Gasteiger partial charge is 0.244 e. The van der Waals surface area contributed by atoms with Crippen LogP contribution in [-0.2, 0) is 16.1 Å². The van der Waals surface area contributed by atoms with Gasteiger partial charge in [-0.05, 0) is 48.6 Å². The number of hydrogen-bond acceptors (Lipinski definition) is 3. The van der Waals surface area contributed by atoms with Crippen molar-refractivity contribution in [3.8, 4) is 5.75 Å². The molecular weight excluding hydrogens is 326 g/mol. The zero-order chi connectivity index (χ0) is 18.0. The lowest BCUT2D eigenvalue weighted by Crippen LogP contribution is -2.25. The number of amides is 1. The molecule has 0 spiro atoms. The van der Waals surface area contributed by atoms with Crippen molar-refractivity contribution in [1.29, 1.82) is 0 Å². The number of benzene rings is 2. The summed E-state index contributed by atoms with van der Waals surface area (Å²) in [6.07, 6.45) is 6.77. The summed E-state index contributed by atoms with van der Waals surface area (Å²) in [5.41, 5.74) is 2.06. The van der Waals surface area contributed by atoms with Crippen molar-refractivity contribution in [2.75, 3.05) is 13.2 Å². The molecule has 0 saturated carbocycles. The number of rotatable bonds is 8. The molecule has 0 radical (unpaired) electrons. The minimum atomic E-state index is -0.0846. The molecule has 136 valence electrons. The molecular formula is C22H25NO3. The predicted molar refractivity (Wildman–Crippen MR) is 103 cm³/mol. The second-order valence-electron chi connectivity index (χ2n) is 6.39. The minimum absolute atomic E-state index is 0.0846. The fourth-order valence-electron chi connectivity index (χ4n) is 2.91. The third-order valence-corrected chi connectivity index (χ3v) is 4.32. The van der Waals surface area contributed by atoms with Gasteiger partial charge >= 0.3 is 0 Å². The van der Waals surface area contributed by atoms with Crippen molar-refractivity contribution < 1.29 is 14.3 Å². The number of carbonyl (C=O) groups is 1. The lowest BCUT2D eigenvalue weighted by atomic mass is 10.2. The molecule has 1 atom stereocenters. The van der Waals surface area contributed by atoms with E-state index in [0.29, 0.717) is 19.3 Å². The van der Waals surface area contributed by atoms with E-state index in [1.54, 1.807) is 12.2 Å². The monoisotopic (exact) mass is 351 g/mol. The number of hydrogen-bond donors (Lipinski definition) is 1. The first kappa shape index (κ1) is 18.2. The molecule has 2 aromatic carbocycles. The zero-order valence-electron chi connectivity index (χ0n) is 14.9. The van der Waals surface area contributed by atoms with Crippen LogP contribution < -0.4 is 10.1 Å². The molecule has 4 heteroatoms. The molecule has 1 amide bonds. The summed E-state index contributed by atoms with van der Waals surface area (Å²) in [5, 5.41) is 2.90. The maximum atomic E-state index is 11.9. The van der Waals surface area contributed by atoms with Crippen LogP contribution in [0.5, 0.6) is 5.75 Å². The number of nitrogens with one attached hydrogen (secondary N) is 1. The fourth-order valence-corrected chi connectivity index (χ4v) is 2.91. The highest BCUT2D eigenvalue weighted by molar-refractivity contribution is 5.91. The van der Waals surface area contributed by atoms with Crippen molar-refractivity contribution >= 4 is 12.0 Å². The Kier molecular flexibility index (Phi) is 6.85. The first-order chi connectivity index (χ1) is 12.8. The third-order valence-electron chi connectivity index (χ3n) is 4.32. The fraction of sp³-hybridized carbons (Fsp3) is 0.318. The van der Waals surface area contributed by atoms with Crippen LogP contribution in [-0.4, -0.2) is 25.2 Å². The third kappa shape index (κ3) is 6.05. The molecule has 3 rings (SSSR count).